The number of hydrogen-bond acceptors (Lipinski definition) is 19. The Labute approximate surface area is 391 Å². The van der Waals surface area contributed by atoms with Crippen LogP contribution in [0.4, 0.5) is 0 Å². The van der Waals surface area contributed by atoms with E-state index >= 15 is 0 Å². The molecule has 19 nitrogen and oxygen atoms in total. The molecule has 69 heavy (non-hydrogen) atoms. The molecule has 358 valence electrons. The molecular weight excluding hydrogens is 905 g/mol. The molecule has 0 spiro atoms. The van der Waals surface area contributed by atoms with E-state index in [4.69, 9.17) is 18.9 Å². The Morgan fingerprint density at radius 3 is 0.928 bits per heavy atom. The minimum atomic E-state index is -1.02. The lowest BCUT2D eigenvalue weighted by atomic mass is 9.87. The van der Waals surface area contributed by atoms with Crippen LogP contribution >= 0.6 is 0 Å². The smallest absolute Gasteiger partial charge is 0.338 e. The molecule has 0 fully saturated rings. The molecule has 0 saturated carbocycles. The highest BCUT2D eigenvalue weighted by molar-refractivity contribution is 5.93. The van der Waals surface area contributed by atoms with E-state index < -0.39 is 82.8 Å². The van der Waals surface area contributed by atoms with Crippen LogP contribution in [0.2, 0.25) is 0 Å². The van der Waals surface area contributed by atoms with Crippen LogP contribution in [0.1, 0.15) is 74.8 Å². The molecule has 0 heterocycles. The van der Waals surface area contributed by atoms with Gasteiger partial charge in [-0.25, -0.2) is 19.2 Å². The molecule has 0 saturated heterocycles. The van der Waals surface area contributed by atoms with Crippen molar-refractivity contribution in [1.82, 2.24) is 0 Å². The quantitative estimate of drug-likeness (QED) is 0.0484. The third-order valence-corrected chi connectivity index (χ3v) is 11.6. The predicted molar refractivity (Wildman–Crippen MR) is 238 cm³/mol. The standard InChI is InChI=1S/C25H22O10.C25H22O9/c1-11-17(27)5-14(6-18(11)28)24(32)34-21-9-12-2-3-16(26)4-13(12)10-22(21)35-25(33)15-7-19(29)23(31)20(30)8-15;1-12-17(26)6-15(7-18(12)27)24(31)33-21-10-13-4-2-3-5-14(13)11-22(21)34-25(32)16-8-19(28)23(30)20(29)9-16/h2-8,21-22,26-31H,9-10H2,1H3;2-9,21-22,26-30H,10-11H2,1H3/t2*21-,22+/m11/s1. The SMILES string of the molecule is Cc1c(O)cc(C(=O)O[C@@H]2Cc3ccc(O)cc3C[C@@H]2OC(=O)c2cc(O)c(O)c(O)c2)cc1O.Cc1c(O)cc(C(=O)O[C@@H]2Cc3ccccc3C[C@@H]2OC(=O)c2cc(O)c(O)c(O)c2)cc1O. The Bertz CT molecular complexity index is 2820. The zero-order valence-corrected chi connectivity index (χ0v) is 36.5. The van der Waals surface area contributed by atoms with Gasteiger partial charge in [-0.15, -0.1) is 0 Å². The van der Waals surface area contributed by atoms with Crippen molar-refractivity contribution in [2.75, 3.05) is 0 Å². The summed E-state index contributed by atoms with van der Waals surface area (Å²) in [6.07, 6.45) is -3.10. The summed E-state index contributed by atoms with van der Waals surface area (Å²) in [5, 5.41) is 107. The highest BCUT2D eigenvalue weighted by atomic mass is 16.6. The van der Waals surface area contributed by atoms with Crippen molar-refractivity contribution in [3.05, 3.63) is 147 Å². The fourth-order valence-corrected chi connectivity index (χ4v) is 7.69. The first kappa shape index (κ1) is 47.9. The van der Waals surface area contributed by atoms with Gasteiger partial charge in [0.2, 0.25) is 0 Å². The van der Waals surface area contributed by atoms with E-state index in [1.54, 1.807) is 6.07 Å². The van der Waals surface area contributed by atoms with Crippen molar-refractivity contribution in [2.45, 2.75) is 63.9 Å². The fourth-order valence-electron chi connectivity index (χ4n) is 7.69. The molecule has 19 heteroatoms. The summed E-state index contributed by atoms with van der Waals surface area (Å²) >= 11 is 0. The summed E-state index contributed by atoms with van der Waals surface area (Å²) in [6.45, 7) is 2.97. The van der Waals surface area contributed by atoms with E-state index in [1.165, 1.54) is 38.1 Å². The van der Waals surface area contributed by atoms with Gasteiger partial charge in [0.1, 0.15) is 53.2 Å². The number of fused-ring (bicyclic) bond motifs is 2. The van der Waals surface area contributed by atoms with Gasteiger partial charge < -0.3 is 75.1 Å². The van der Waals surface area contributed by atoms with Crippen molar-refractivity contribution >= 4 is 23.9 Å². The molecular formula is C50H44O19. The van der Waals surface area contributed by atoms with Crippen LogP contribution in [-0.4, -0.2) is 104 Å². The summed E-state index contributed by atoms with van der Waals surface area (Å²) in [4.78, 5) is 51.1. The van der Waals surface area contributed by atoms with Crippen LogP contribution < -0.4 is 0 Å². The first-order chi connectivity index (χ1) is 32.7. The summed E-state index contributed by atoms with van der Waals surface area (Å²) < 4.78 is 22.3. The Morgan fingerprint density at radius 1 is 0.362 bits per heavy atom. The molecule has 4 atom stereocenters. The van der Waals surface area contributed by atoms with Crippen molar-refractivity contribution in [3.63, 3.8) is 0 Å². The lowest BCUT2D eigenvalue weighted by Gasteiger charge is -2.32. The van der Waals surface area contributed by atoms with Gasteiger partial charge in [-0.2, -0.15) is 0 Å². The number of benzene rings is 6. The highest BCUT2D eigenvalue weighted by Gasteiger charge is 2.37. The number of phenolic OH excluding ortho intramolecular Hbond substituents is 11. The molecule has 6 aromatic rings. The fraction of sp³-hybridized carbons (Fsp3) is 0.200. The maximum Gasteiger partial charge on any atom is 0.338 e. The second-order valence-corrected chi connectivity index (χ2v) is 16.3. The van der Waals surface area contributed by atoms with Gasteiger partial charge in [0.15, 0.2) is 34.5 Å². The van der Waals surface area contributed by atoms with Gasteiger partial charge in [-0.3, -0.25) is 0 Å². The van der Waals surface area contributed by atoms with Gasteiger partial charge in [-0.05, 0) is 96.8 Å². The molecule has 2 aliphatic carbocycles. The van der Waals surface area contributed by atoms with Crippen LogP contribution in [-0.2, 0) is 44.6 Å². The average molecular weight is 949 g/mol. The summed E-state index contributed by atoms with van der Waals surface area (Å²) in [5.74, 6) is -9.07. The van der Waals surface area contributed by atoms with Crippen molar-refractivity contribution in [2.24, 2.45) is 0 Å². The topological polar surface area (TPSA) is 328 Å². The summed E-state index contributed by atoms with van der Waals surface area (Å²) in [6, 6.07) is 20.4. The molecule has 2 aliphatic rings. The molecule has 0 amide bonds. The van der Waals surface area contributed by atoms with Crippen LogP contribution in [0.15, 0.2) is 91.0 Å². The Hall–Kier alpha value is -9.00. The van der Waals surface area contributed by atoms with Gasteiger partial charge in [-0.1, -0.05) is 30.3 Å². The zero-order chi connectivity index (χ0) is 50.0. The average Bonchev–Trinajstić information content (AvgIpc) is 3.30. The minimum absolute atomic E-state index is 0.00302. The van der Waals surface area contributed by atoms with Gasteiger partial charge in [0.25, 0.3) is 0 Å². The number of carbonyl (C=O) groups is 4. The zero-order valence-electron chi connectivity index (χ0n) is 36.5. The highest BCUT2D eigenvalue weighted by Crippen LogP contribution is 2.39. The third kappa shape index (κ3) is 10.5. The van der Waals surface area contributed by atoms with E-state index in [9.17, 15) is 75.3 Å². The van der Waals surface area contributed by atoms with E-state index in [2.05, 4.69) is 0 Å². The van der Waals surface area contributed by atoms with Crippen LogP contribution in [0, 0.1) is 13.8 Å². The molecule has 0 aromatic heterocycles. The van der Waals surface area contributed by atoms with Crippen LogP contribution in [0.3, 0.4) is 0 Å². The van der Waals surface area contributed by atoms with E-state index in [0.29, 0.717) is 5.56 Å². The van der Waals surface area contributed by atoms with Gasteiger partial charge >= 0.3 is 23.9 Å². The number of hydrogen-bond donors (Lipinski definition) is 11. The predicted octanol–water partition coefficient (Wildman–Crippen LogP) is 5.85. The number of phenols is 11. The number of esters is 4. The number of ether oxygens (including phenoxy) is 4. The maximum absolute atomic E-state index is 12.8. The number of rotatable bonds is 8. The molecule has 8 rings (SSSR count). The lowest BCUT2D eigenvalue weighted by Crippen LogP contribution is -2.41. The minimum Gasteiger partial charge on any atom is -0.508 e. The van der Waals surface area contributed by atoms with Crippen molar-refractivity contribution in [1.29, 1.82) is 0 Å². The molecule has 0 unspecified atom stereocenters. The largest absolute Gasteiger partial charge is 0.508 e. The Balaban J connectivity index is 0.000000204. The van der Waals surface area contributed by atoms with E-state index in [-0.39, 0.29) is 87.8 Å². The third-order valence-electron chi connectivity index (χ3n) is 11.6. The number of aromatic hydroxyl groups is 11. The normalized spacial score (nSPS) is 16.9. The first-order valence-corrected chi connectivity index (χ1v) is 20.9. The summed E-state index contributed by atoms with van der Waals surface area (Å²) in [5.41, 5.74) is 2.99. The maximum atomic E-state index is 12.8. The second kappa shape index (κ2) is 19.5. The monoisotopic (exact) mass is 948 g/mol. The number of carbonyl (C=O) groups excluding carboxylic acids is 4. The van der Waals surface area contributed by atoms with Gasteiger partial charge in [0, 0.05) is 36.8 Å². The first-order valence-electron chi connectivity index (χ1n) is 20.9. The van der Waals surface area contributed by atoms with Crippen LogP contribution in [0.5, 0.6) is 63.2 Å². The molecule has 0 aliphatic heterocycles. The molecule has 6 aromatic carbocycles. The molecule has 11 N–H and O–H groups in total. The molecule has 0 bridgehead atoms. The van der Waals surface area contributed by atoms with Crippen LogP contribution in [0.25, 0.3) is 0 Å². The van der Waals surface area contributed by atoms with Crippen molar-refractivity contribution < 1.29 is 94.3 Å². The molecule has 0 radical (unpaired) electrons. The second-order valence-electron chi connectivity index (χ2n) is 16.3. The Morgan fingerprint density at radius 2 is 0.623 bits per heavy atom. The lowest BCUT2D eigenvalue weighted by molar-refractivity contribution is -0.0390. The van der Waals surface area contributed by atoms with E-state index in [0.717, 1.165) is 53.1 Å². The van der Waals surface area contributed by atoms with Crippen molar-refractivity contribution in [3.8, 4) is 63.2 Å². The van der Waals surface area contributed by atoms with Gasteiger partial charge in [0.05, 0.1) is 22.3 Å². The van der Waals surface area contributed by atoms with E-state index in [1.807, 2.05) is 24.3 Å². The Kier molecular flexibility index (Phi) is 13.5. The summed E-state index contributed by atoms with van der Waals surface area (Å²) in [7, 11) is 0.